The molecule has 20 heavy (non-hydrogen) atoms. The number of hydrogen-bond acceptors (Lipinski definition) is 3. The van der Waals surface area contributed by atoms with Gasteiger partial charge >= 0.3 is 5.97 Å². The number of nitrogens with one attached hydrogen (secondary N) is 1. The number of benzene rings is 1. The second-order valence-corrected chi connectivity index (χ2v) is 4.98. The first-order valence-corrected chi connectivity index (χ1v) is 6.74. The van der Waals surface area contributed by atoms with Gasteiger partial charge in [-0.15, -0.1) is 0 Å². The minimum absolute atomic E-state index is 0.130. The van der Waals surface area contributed by atoms with Crippen LogP contribution in [0.5, 0.6) is 0 Å². The Morgan fingerprint density at radius 3 is 2.65 bits per heavy atom. The maximum Gasteiger partial charge on any atom is 0.307 e. The molecule has 0 radical (unpaired) electrons. The number of amides is 1. The molecule has 5 heteroatoms. The highest BCUT2D eigenvalue weighted by atomic mass is 16.4. The summed E-state index contributed by atoms with van der Waals surface area (Å²) in [5.74, 6) is -1.46. The molecule has 0 aliphatic rings. The Morgan fingerprint density at radius 1 is 1.40 bits per heavy atom. The molecular weight excluding hydrogens is 256 g/mol. The fraction of sp³-hybridized carbons (Fsp3) is 0.467. The Kier molecular flexibility index (Phi) is 6.18. The van der Waals surface area contributed by atoms with Crippen molar-refractivity contribution < 1.29 is 14.7 Å². The van der Waals surface area contributed by atoms with Crippen LogP contribution in [0.25, 0.3) is 0 Å². The Bertz CT molecular complexity index is 474. The highest BCUT2D eigenvalue weighted by Crippen LogP contribution is 2.09. The van der Waals surface area contributed by atoms with Crippen LogP contribution in [0.15, 0.2) is 24.3 Å². The van der Waals surface area contributed by atoms with Gasteiger partial charge in [0.15, 0.2) is 0 Å². The van der Waals surface area contributed by atoms with Crippen molar-refractivity contribution in [1.82, 2.24) is 4.90 Å². The largest absolute Gasteiger partial charge is 0.481 e. The number of anilines is 1. The molecule has 2 N–H and O–H groups in total. The van der Waals surface area contributed by atoms with Gasteiger partial charge in [0.25, 0.3) is 0 Å². The lowest BCUT2D eigenvalue weighted by molar-refractivity contribution is -0.142. The number of hydrogen-bond donors (Lipinski definition) is 2. The Morgan fingerprint density at radius 2 is 2.10 bits per heavy atom. The van der Waals surface area contributed by atoms with Gasteiger partial charge in [0.2, 0.25) is 5.91 Å². The van der Waals surface area contributed by atoms with Gasteiger partial charge < -0.3 is 10.4 Å². The summed E-state index contributed by atoms with van der Waals surface area (Å²) < 4.78 is 0. The van der Waals surface area contributed by atoms with Gasteiger partial charge in [-0.3, -0.25) is 14.5 Å². The van der Waals surface area contributed by atoms with Crippen LogP contribution in [-0.2, 0) is 9.59 Å². The zero-order valence-electron chi connectivity index (χ0n) is 12.2. The number of likely N-dealkylation sites (N-methyl/N-ethyl adjacent to an activating group) is 1. The molecular formula is C15H22N2O3. The molecule has 1 amide bonds. The molecule has 1 aromatic carbocycles. The van der Waals surface area contributed by atoms with E-state index in [1.807, 2.05) is 43.0 Å². The van der Waals surface area contributed by atoms with E-state index in [0.717, 1.165) is 11.3 Å². The van der Waals surface area contributed by atoms with Crippen molar-refractivity contribution in [2.24, 2.45) is 5.92 Å². The fourth-order valence-electron chi connectivity index (χ4n) is 1.90. The van der Waals surface area contributed by atoms with Crippen LogP contribution < -0.4 is 5.32 Å². The van der Waals surface area contributed by atoms with E-state index in [9.17, 15) is 9.59 Å². The summed E-state index contributed by atoms with van der Waals surface area (Å²) in [4.78, 5) is 24.6. The molecule has 1 atom stereocenters. The average Bonchev–Trinajstić information content (AvgIpc) is 2.37. The van der Waals surface area contributed by atoms with Crippen molar-refractivity contribution in [3.05, 3.63) is 29.8 Å². The standard InChI is InChI=1S/C15H22N2O3/c1-4-17(9-12(3)15(19)20)10-14(18)16-13-7-5-6-11(2)8-13/h5-8,12H,4,9-10H2,1-3H3,(H,16,18)(H,19,20). The summed E-state index contributed by atoms with van der Waals surface area (Å²) in [6.07, 6.45) is 0. The SMILES string of the molecule is CCN(CC(=O)Nc1cccc(C)c1)CC(C)C(=O)O. The molecule has 1 aromatic rings. The first-order chi connectivity index (χ1) is 9.42. The van der Waals surface area contributed by atoms with Crippen LogP contribution in [0.4, 0.5) is 5.69 Å². The third kappa shape index (κ3) is 5.40. The number of carboxylic acid groups (broad SMARTS) is 1. The molecule has 0 aliphatic carbocycles. The van der Waals surface area contributed by atoms with Gasteiger partial charge in [-0.1, -0.05) is 26.0 Å². The summed E-state index contributed by atoms with van der Waals surface area (Å²) in [6.45, 7) is 6.72. The molecule has 1 unspecified atom stereocenters. The van der Waals surface area contributed by atoms with Crippen LogP contribution in [0.3, 0.4) is 0 Å². The Balaban J connectivity index is 2.53. The molecule has 0 heterocycles. The summed E-state index contributed by atoms with van der Waals surface area (Å²) in [5.41, 5.74) is 1.84. The zero-order chi connectivity index (χ0) is 15.1. The highest BCUT2D eigenvalue weighted by Gasteiger charge is 2.17. The molecule has 5 nitrogen and oxygen atoms in total. The van der Waals surface area contributed by atoms with Crippen molar-refractivity contribution >= 4 is 17.6 Å². The monoisotopic (exact) mass is 278 g/mol. The van der Waals surface area contributed by atoms with Crippen LogP contribution in [0.1, 0.15) is 19.4 Å². The van der Waals surface area contributed by atoms with Gasteiger partial charge in [0, 0.05) is 12.2 Å². The average molecular weight is 278 g/mol. The topological polar surface area (TPSA) is 69.6 Å². The van der Waals surface area contributed by atoms with Gasteiger partial charge in [0.1, 0.15) is 0 Å². The van der Waals surface area contributed by atoms with Gasteiger partial charge in [-0.2, -0.15) is 0 Å². The van der Waals surface area contributed by atoms with Crippen LogP contribution >= 0.6 is 0 Å². The van der Waals surface area contributed by atoms with Crippen LogP contribution in [0, 0.1) is 12.8 Å². The first-order valence-electron chi connectivity index (χ1n) is 6.74. The Labute approximate surface area is 119 Å². The Hall–Kier alpha value is -1.88. The van der Waals surface area contributed by atoms with E-state index in [-0.39, 0.29) is 12.5 Å². The summed E-state index contributed by atoms with van der Waals surface area (Å²) >= 11 is 0. The van der Waals surface area contributed by atoms with Gasteiger partial charge in [0.05, 0.1) is 12.5 Å². The molecule has 0 spiro atoms. The predicted octanol–water partition coefficient (Wildman–Crippen LogP) is 1.98. The molecule has 0 fully saturated rings. The van der Waals surface area contributed by atoms with E-state index >= 15 is 0 Å². The van der Waals surface area contributed by atoms with Crippen molar-refractivity contribution in [2.75, 3.05) is 25.0 Å². The van der Waals surface area contributed by atoms with Gasteiger partial charge in [-0.05, 0) is 31.2 Å². The third-order valence-corrected chi connectivity index (χ3v) is 3.07. The number of rotatable bonds is 7. The lowest BCUT2D eigenvalue weighted by atomic mass is 10.1. The van der Waals surface area contributed by atoms with Crippen molar-refractivity contribution in [2.45, 2.75) is 20.8 Å². The van der Waals surface area contributed by atoms with E-state index in [1.54, 1.807) is 6.92 Å². The van der Waals surface area contributed by atoms with E-state index in [2.05, 4.69) is 5.32 Å². The van der Waals surface area contributed by atoms with Gasteiger partial charge in [-0.25, -0.2) is 0 Å². The second-order valence-electron chi connectivity index (χ2n) is 4.98. The molecule has 1 rings (SSSR count). The lowest BCUT2D eigenvalue weighted by Gasteiger charge is -2.21. The quantitative estimate of drug-likeness (QED) is 0.800. The van der Waals surface area contributed by atoms with E-state index in [1.165, 1.54) is 0 Å². The number of carboxylic acids is 1. The van der Waals surface area contributed by atoms with Crippen LogP contribution in [0.2, 0.25) is 0 Å². The number of carbonyl (C=O) groups is 2. The zero-order valence-corrected chi connectivity index (χ0v) is 12.2. The number of carbonyl (C=O) groups excluding carboxylic acids is 1. The van der Waals surface area contributed by atoms with Crippen molar-refractivity contribution in [1.29, 1.82) is 0 Å². The number of aliphatic carboxylic acids is 1. The summed E-state index contributed by atoms with van der Waals surface area (Å²) in [6, 6.07) is 7.58. The minimum atomic E-state index is -0.845. The van der Waals surface area contributed by atoms with Crippen LogP contribution in [-0.4, -0.2) is 41.5 Å². The van der Waals surface area contributed by atoms with E-state index in [0.29, 0.717) is 13.1 Å². The number of nitrogens with zero attached hydrogens (tertiary/aromatic N) is 1. The minimum Gasteiger partial charge on any atom is -0.481 e. The van der Waals surface area contributed by atoms with Crippen molar-refractivity contribution in [3.8, 4) is 0 Å². The van der Waals surface area contributed by atoms with E-state index < -0.39 is 11.9 Å². The van der Waals surface area contributed by atoms with Crippen molar-refractivity contribution in [3.63, 3.8) is 0 Å². The lowest BCUT2D eigenvalue weighted by Crippen LogP contribution is -2.37. The molecule has 0 saturated heterocycles. The molecule has 0 bridgehead atoms. The number of aryl methyl sites for hydroxylation is 1. The maximum absolute atomic E-state index is 11.9. The normalized spacial score (nSPS) is 12.2. The molecule has 0 saturated carbocycles. The summed E-state index contributed by atoms with van der Waals surface area (Å²) in [5, 5.41) is 11.7. The fourth-order valence-corrected chi connectivity index (χ4v) is 1.90. The van der Waals surface area contributed by atoms with E-state index in [4.69, 9.17) is 5.11 Å². The first kappa shape index (κ1) is 16.2. The second kappa shape index (κ2) is 7.65. The highest BCUT2D eigenvalue weighted by molar-refractivity contribution is 5.92. The predicted molar refractivity (Wildman–Crippen MR) is 78.7 cm³/mol. The molecule has 110 valence electrons. The maximum atomic E-state index is 11.9. The smallest absolute Gasteiger partial charge is 0.307 e. The third-order valence-electron chi connectivity index (χ3n) is 3.07. The molecule has 0 aliphatic heterocycles. The summed E-state index contributed by atoms with van der Waals surface area (Å²) in [7, 11) is 0. The molecule has 0 aromatic heterocycles.